The third-order valence-corrected chi connectivity index (χ3v) is 7.16. The molecule has 5 rings (SSSR count). The highest BCUT2D eigenvalue weighted by atomic mass is 16.5. The van der Waals surface area contributed by atoms with Crippen LogP contribution in [0.3, 0.4) is 0 Å². The lowest BCUT2D eigenvalue weighted by Gasteiger charge is -2.29. The largest absolute Gasteiger partial charge is 0.449 e. The first-order valence-corrected chi connectivity index (χ1v) is 12.4. The average Bonchev–Trinajstić information content (AvgIpc) is 3.21. The van der Waals surface area contributed by atoms with Crippen LogP contribution in [-0.4, -0.2) is 49.4 Å². The summed E-state index contributed by atoms with van der Waals surface area (Å²) in [5.74, 6) is 2.12. The molecule has 0 bridgehead atoms. The molecule has 0 spiro atoms. The Labute approximate surface area is 206 Å². The maximum atomic E-state index is 12.5. The maximum absolute atomic E-state index is 12.5. The number of nitrogens with zero attached hydrogens (tertiary/aromatic N) is 3. The van der Waals surface area contributed by atoms with Gasteiger partial charge >= 0.3 is 6.09 Å². The van der Waals surface area contributed by atoms with Gasteiger partial charge in [0.1, 0.15) is 12.4 Å². The molecule has 1 fully saturated rings. The van der Waals surface area contributed by atoms with Gasteiger partial charge in [0.25, 0.3) is 0 Å². The van der Waals surface area contributed by atoms with Gasteiger partial charge in [0.2, 0.25) is 5.95 Å². The number of fused-ring (bicyclic) bond motifs is 3. The number of amides is 1. The molecule has 182 valence electrons. The normalized spacial score (nSPS) is 18.9. The van der Waals surface area contributed by atoms with Crippen molar-refractivity contribution < 1.29 is 9.53 Å². The summed E-state index contributed by atoms with van der Waals surface area (Å²) in [6, 6.07) is 19.0. The van der Waals surface area contributed by atoms with Gasteiger partial charge in [-0.15, -0.1) is 0 Å². The van der Waals surface area contributed by atoms with Crippen molar-refractivity contribution >= 4 is 17.9 Å². The number of aromatic nitrogens is 2. The van der Waals surface area contributed by atoms with E-state index in [0.29, 0.717) is 31.1 Å². The van der Waals surface area contributed by atoms with Crippen LogP contribution in [0.1, 0.15) is 42.7 Å². The van der Waals surface area contributed by atoms with Crippen molar-refractivity contribution in [1.82, 2.24) is 15.3 Å². The molecule has 2 N–H and O–H groups in total. The Balaban J connectivity index is 1.07. The van der Waals surface area contributed by atoms with E-state index in [-0.39, 0.29) is 12.0 Å². The minimum atomic E-state index is -0.332. The van der Waals surface area contributed by atoms with Crippen LogP contribution < -0.4 is 15.5 Å². The predicted molar refractivity (Wildman–Crippen MR) is 139 cm³/mol. The molecular formula is C28H33N5O2. The molecule has 1 heterocycles. The summed E-state index contributed by atoms with van der Waals surface area (Å²) in [5, 5.41) is 6.47. The van der Waals surface area contributed by atoms with Crippen molar-refractivity contribution in [3.05, 3.63) is 71.9 Å². The summed E-state index contributed by atoms with van der Waals surface area (Å²) < 4.78 is 5.68. The summed E-state index contributed by atoms with van der Waals surface area (Å²) in [4.78, 5) is 23.4. The summed E-state index contributed by atoms with van der Waals surface area (Å²) >= 11 is 0. The number of carbonyl (C=O) groups is 1. The minimum absolute atomic E-state index is 0.0860. The molecule has 0 aliphatic heterocycles. The Hall–Kier alpha value is -3.61. The molecule has 7 nitrogen and oxygen atoms in total. The fraction of sp³-hybridized carbons (Fsp3) is 0.393. The van der Waals surface area contributed by atoms with Gasteiger partial charge < -0.3 is 20.3 Å². The van der Waals surface area contributed by atoms with Crippen LogP contribution in [0.15, 0.2) is 60.8 Å². The Bertz CT molecular complexity index is 1130. The molecule has 1 amide bonds. The van der Waals surface area contributed by atoms with E-state index in [1.54, 1.807) is 6.20 Å². The van der Waals surface area contributed by atoms with Gasteiger partial charge in [-0.3, -0.25) is 0 Å². The van der Waals surface area contributed by atoms with Crippen LogP contribution in [0.25, 0.3) is 11.1 Å². The van der Waals surface area contributed by atoms with Crippen molar-refractivity contribution in [2.45, 2.75) is 37.6 Å². The molecule has 0 unspecified atom stereocenters. The summed E-state index contributed by atoms with van der Waals surface area (Å²) in [6.07, 6.45) is 5.62. The van der Waals surface area contributed by atoms with Gasteiger partial charge in [0.15, 0.2) is 0 Å². The van der Waals surface area contributed by atoms with Crippen molar-refractivity contribution in [2.75, 3.05) is 37.5 Å². The number of anilines is 2. The fourth-order valence-corrected chi connectivity index (χ4v) is 5.24. The van der Waals surface area contributed by atoms with E-state index in [1.165, 1.54) is 22.3 Å². The Morgan fingerprint density at radius 2 is 1.63 bits per heavy atom. The molecule has 1 saturated carbocycles. The summed E-state index contributed by atoms with van der Waals surface area (Å²) in [6.45, 7) is 0.999. The maximum Gasteiger partial charge on any atom is 0.407 e. The van der Waals surface area contributed by atoms with E-state index in [0.717, 1.165) is 31.5 Å². The van der Waals surface area contributed by atoms with Gasteiger partial charge in [-0.2, -0.15) is 4.98 Å². The third-order valence-electron chi connectivity index (χ3n) is 7.16. The molecular weight excluding hydrogens is 438 g/mol. The molecule has 0 radical (unpaired) electrons. The van der Waals surface area contributed by atoms with Crippen LogP contribution in [0.5, 0.6) is 0 Å². The van der Waals surface area contributed by atoms with E-state index >= 15 is 0 Å². The van der Waals surface area contributed by atoms with Crippen molar-refractivity contribution in [3.8, 4) is 11.1 Å². The number of ether oxygens (including phenoxy) is 1. The number of carbonyl (C=O) groups excluding carboxylic acids is 1. The van der Waals surface area contributed by atoms with E-state index < -0.39 is 0 Å². The lowest BCUT2D eigenvalue weighted by Crippen LogP contribution is -2.35. The van der Waals surface area contributed by atoms with Crippen LogP contribution in [0.2, 0.25) is 0 Å². The molecule has 3 aromatic rings. The van der Waals surface area contributed by atoms with E-state index in [9.17, 15) is 4.79 Å². The fourth-order valence-electron chi connectivity index (χ4n) is 5.24. The van der Waals surface area contributed by atoms with Gasteiger partial charge in [-0.05, 0) is 59.9 Å². The number of hydrogen-bond acceptors (Lipinski definition) is 6. The van der Waals surface area contributed by atoms with Crippen LogP contribution in [0.4, 0.5) is 16.6 Å². The molecule has 0 atom stereocenters. The summed E-state index contributed by atoms with van der Waals surface area (Å²) in [7, 11) is 3.95. The molecule has 35 heavy (non-hydrogen) atoms. The van der Waals surface area contributed by atoms with Crippen molar-refractivity contribution in [2.24, 2.45) is 5.92 Å². The van der Waals surface area contributed by atoms with Gasteiger partial charge in [-0.1, -0.05) is 48.5 Å². The SMILES string of the molecule is CN(C)c1ccnc(NC2CCC(CNC(=O)OCC3c4ccccc4-c4ccccc43)CC2)n1. The highest BCUT2D eigenvalue weighted by Crippen LogP contribution is 2.44. The first kappa shape index (κ1) is 23.1. The topological polar surface area (TPSA) is 79.4 Å². The number of nitrogens with one attached hydrogen (secondary N) is 2. The second kappa shape index (κ2) is 10.3. The molecule has 0 saturated heterocycles. The number of alkyl carbamates (subject to hydrolysis) is 1. The van der Waals surface area contributed by atoms with Crippen LogP contribution >= 0.6 is 0 Å². The number of rotatable bonds is 7. The summed E-state index contributed by atoms with van der Waals surface area (Å²) in [5.41, 5.74) is 4.93. The van der Waals surface area contributed by atoms with Crippen LogP contribution in [0, 0.1) is 5.92 Å². The minimum Gasteiger partial charge on any atom is -0.449 e. The third kappa shape index (κ3) is 5.24. The van der Waals surface area contributed by atoms with Crippen molar-refractivity contribution in [1.29, 1.82) is 0 Å². The number of hydrogen-bond donors (Lipinski definition) is 2. The van der Waals surface area contributed by atoms with Crippen molar-refractivity contribution in [3.63, 3.8) is 0 Å². The quantitative estimate of drug-likeness (QED) is 0.502. The first-order valence-electron chi connectivity index (χ1n) is 12.4. The first-order chi connectivity index (χ1) is 17.1. The zero-order chi connectivity index (χ0) is 24.2. The van der Waals surface area contributed by atoms with E-state index in [1.807, 2.05) is 37.2 Å². The highest BCUT2D eigenvalue weighted by molar-refractivity contribution is 5.79. The Kier molecular flexibility index (Phi) is 6.84. The van der Waals surface area contributed by atoms with Crippen LogP contribution in [-0.2, 0) is 4.74 Å². The zero-order valence-corrected chi connectivity index (χ0v) is 20.4. The smallest absolute Gasteiger partial charge is 0.407 e. The van der Waals surface area contributed by atoms with Gasteiger partial charge in [0.05, 0.1) is 0 Å². The average molecular weight is 472 g/mol. The van der Waals surface area contributed by atoms with E-state index in [4.69, 9.17) is 4.74 Å². The monoisotopic (exact) mass is 471 g/mol. The van der Waals surface area contributed by atoms with Gasteiger partial charge in [-0.25, -0.2) is 9.78 Å². The zero-order valence-electron chi connectivity index (χ0n) is 20.4. The lowest BCUT2D eigenvalue weighted by molar-refractivity contribution is 0.140. The molecule has 1 aromatic heterocycles. The Morgan fingerprint density at radius 1 is 0.971 bits per heavy atom. The lowest BCUT2D eigenvalue weighted by atomic mass is 9.86. The second-order valence-corrected chi connectivity index (χ2v) is 9.70. The standard InChI is InChI=1S/C28H33N5O2/c1-33(2)26-15-16-29-27(32-26)31-20-13-11-19(12-14-20)17-30-28(34)35-18-25-23-9-5-3-7-21(23)22-8-4-6-10-24(22)25/h3-10,15-16,19-20,25H,11-14,17-18H2,1-2H3,(H,30,34)(H,29,31,32). The molecule has 2 aromatic carbocycles. The predicted octanol–water partition coefficient (Wildman–Crippen LogP) is 5.05. The van der Waals surface area contributed by atoms with Gasteiger partial charge in [0, 0.05) is 38.8 Å². The molecule has 2 aliphatic rings. The second-order valence-electron chi connectivity index (χ2n) is 9.70. The number of benzene rings is 2. The Morgan fingerprint density at radius 3 is 2.29 bits per heavy atom. The van der Waals surface area contributed by atoms with E-state index in [2.05, 4.69) is 57.0 Å². The molecule has 7 heteroatoms. The highest BCUT2D eigenvalue weighted by Gasteiger charge is 2.29. The molecule has 2 aliphatic carbocycles.